The van der Waals surface area contributed by atoms with Crippen LogP contribution in [0, 0.1) is 0 Å². The van der Waals surface area contributed by atoms with Gasteiger partial charge in [0.05, 0.1) is 12.4 Å². The molecule has 0 fully saturated rings. The van der Waals surface area contributed by atoms with Crippen LogP contribution in [-0.4, -0.2) is 0 Å². The van der Waals surface area contributed by atoms with E-state index in [9.17, 15) is 0 Å². The number of hydrogen-bond donors (Lipinski definition) is 0. The number of alkyl halides is 1. The van der Waals surface area contributed by atoms with Crippen LogP contribution < -0.4 is 0 Å². The van der Waals surface area contributed by atoms with Crippen molar-refractivity contribution in [2.45, 2.75) is 4.83 Å². The second-order valence-electron chi connectivity index (χ2n) is 3.31. The summed E-state index contributed by atoms with van der Waals surface area (Å²) in [5.41, 5.74) is 2.43. The van der Waals surface area contributed by atoms with Crippen molar-refractivity contribution in [3.63, 3.8) is 0 Å². The number of halogens is 5. The zero-order chi connectivity index (χ0) is 12.6. The number of hydrogen-bond acceptors (Lipinski definition) is 1. The number of thiophene rings is 1. The third-order valence-electron chi connectivity index (χ3n) is 2.19. The highest BCUT2D eigenvalue weighted by atomic mass is 79.9. The fourth-order valence-electron chi connectivity index (χ4n) is 1.40. The standard InChI is InChI=1S/C11H5Br5S/c12-5-1-2-6(8(13)3-5)10(15)7-4-9(14)17-11(7)16/h1-4,10H. The second-order valence-corrected chi connectivity index (χ2v) is 9.74. The Morgan fingerprint density at radius 3 is 2.18 bits per heavy atom. The normalized spacial score (nSPS) is 12.8. The first-order valence-electron chi connectivity index (χ1n) is 4.53. The van der Waals surface area contributed by atoms with Crippen LogP contribution in [-0.2, 0) is 0 Å². The van der Waals surface area contributed by atoms with Gasteiger partial charge in [-0.3, -0.25) is 0 Å². The summed E-state index contributed by atoms with van der Waals surface area (Å²) in [6, 6.07) is 8.33. The zero-order valence-electron chi connectivity index (χ0n) is 8.18. The molecule has 0 spiro atoms. The molecule has 0 radical (unpaired) electrons. The topological polar surface area (TPSA) is 0 Å². The van der Waals surface area contributed by atoms with Gasteiger partial charge in [0.15, 0.2) is 0 Å². The van der Waals surface area contributed by atoms with E-state index in [0.29, 0.717) is 0 Å². The van der Waals surface area contributed by atoms with E-state index in [2.05, 4.69) is 97.8 Å². The zero-order valence-corrected chi connectivity index (χ0v) is 16.9. The summed E-state index contributed by atoms with van der Waals surface area (Å²) in [6.45, 7) is 0. The maximum Gasteiger partial charge on any atom is 0.0757 e. The van der Waals surface area contributed by atoms with Crippen molar-refractivity contribution in [3.05, 3.63) is 51.9 Å². The van der Waals surface area contributed by atoms with Gasteiger partial charge in [0.25, 0.3) is 0 Å². The highest BCUT2D eigenvalue weighted by Crippen LogP contribution is 2.43. The molecule has 0 aliphatic rings. The van der Waals surface area contributed by atoms with Crippen molar-refractivity contribution >= 4 is 91.0 Å². The lowest BCUT2D eigenvalue weighted by Gasteiger charge is -2.12. The Kier molecular flexibility index (Phi) is 5.35. The van der Waals surface area contributed by atoms with Gasteiger partial charge in [-0.1, -0.05) is 53.9 Å². The van der Waals surface area contributed by atoms with Crippen molar-refractivity contribution in [3.8, 4) is 0 Å². The molecule has 1 aromatic carbocycles. The van der Waals surface area contributed by atoms with E-state index in [0.717, 1.165) is 16.5 Å². The van der Waals surface area contributed by atoms with Crippen molar-refractivity contribution in [2.75, 3.05) is 0 Å². The average molecular weight is 569 g/mol. The maximum atomic E-state index is 3.74. The second kappa shape index (κ2) is 6.18. The van der Waals surface area contributed by atoms with Crippen LogP contribution in [0.4, 0.5) is 0 Å². The molecule has 0 saturated carbocycles. The van der Waals surface area contributed by atoms with E-state index in [4.69, 9.17) is 0 Å². The molecular weight excluding hydrogens is 564 g/mol. The molecule has 1 aromatic heterocycles. The van der Waals surface area contributed by atoms with Crippen LogP contribution in [0.5, 0.6) is 0 Å². The quantitative estimate of drug-likeness (QED) is 0.334. The van der Waals surface area contributed by atoms with E-state index in [1.165, 1.54) is 11.1 Å². The highest BCUT2D eigenvalue weighted by Gasteiger charge is 2.18. The van der Waals surface area contributed by atoms with Crippen molar-refractivity contribution in [2.24, 2.45) is 0 Å². The first-order chi connectivity index (χ1) is 7.99. The largest absolute Gasteiger partial charge is 0.121 e. The summed E-state index contributed by atoms with van der Waals surface area (Å²) in [4.78, 5) is 0.168. The summed E-state index contributed by atoms with van der Waals surface area (Å²) < 4.78 is 4.42. The van der Waals surface area contributed by atoms with Gasteiger partial charge in [0.1, 0.15) is 0 Å². The summed E-state index contributed by atoms with van der Waals surface area (Å²) in [6.07, 6.45) is 0. The monoisotopic (exact) mass is 564 g/mol. The summed E-state index contributed by atoms with van der Waals surface area (Å²) >= 11 is 19.6. The van der Waals surface area contributed by atoms with Gasteiger partial charge >= 0.3 is 0 Å². The van der Waals surface area contributed by atoms with Gasteiger partial charge in [0, 0.05) is 8.95 Å². The predicted molar refractivity (Wildman–Crippen MR) is 92.3 cm³/mol. The molecule has 0 bridgehead atoms. The lowest BCUT2D eigenvalue weighted by molar-refractivity contribution is 1.17. The molecule has 1 heterocycles. The Labute approximate surface area is 146 Å². The molecule has 0 amide bonds. The van der Waals surface area contributed by atoms with E-state index in [1.54, 1.807) is 11.3 Å². The van der Waals surface area contributed by atoms with E-state index < -0.39 is 0 Å². The fourth-order valence-corrected chi connectivity index (χ4v) is 7.10. The number of rotatable bonds is 2. The van der Waals surface area contributed by atoms with Crippen molar-refractivity contribution < 1.29 is 0 Å². The minimum absolute atomic E-state index is 0.168. The molecule has 17 heavy (non-hydrogen) atoms. The molecule has 90 valence electrons. The first-order valence-corrected chi connectivity index (χ1v) is 9.43. The van der Waals surface area contributed by atoms with Gasteiger partial charge in [-0.25, -0.2) is 0 Å². The van der Waals surface area contributed by atoms with Gasteiger partial charge in [-0.15, -0.1) is 11.3 Å². The molecule has 1 unspecified atom stereocenters. The SMILES string of the molecule is Brc1ccc(C(Br)c2cc(Br)sc2Br)c(Br)c1. The predicted octanol–water partition coefficient (Wildman–Crippen LogP) is 7.28. The average Bonchev–Trinajstić information content (AvgIpc) is 2.57. The van der Waals surface area contributed by atoms with E-state index in [1.807, 2.05) is 6.07 Å². The molecule has 0 aliphatic carbocycles. The third-order valence-corrected chi connectivity index (χ3v) is 6.74. The molecule has 2 rings (SSSR count). The molecule has 6 heteroatoms. The van der Waals surface area contributed by atoms with Crippen molar-refractivity contribution in [1.29, 1.82) is 0 Å². The maximum absolute atomic E-state index is 3.74. The van der Waals surface area contributed by atoms with Crippen LogP contribution in [0.25, 0.3) is 0 Å². The first kappa shape index (κ1) is 14.7. The smallest absolute Gasteiger partial charge is 0.0757 e. The molecule has 2 aromatic rings. The van der Waals surface area contributed by atoms with Crippen LogP contribution in [0.15, 0.2) is 40.8 Å². The van der Waals surface area contributed by atoms with Gasteiger partial charge in [-0.2, -0.15) is 0 Å². The Morgan fingerprint density at radius 2 is 1.65 bits per heavy atom. The molecule has 0 saturated heterocycles. The lowest BCUT2D eigenvalue weighted by atomic mass is 10.1. The van der Waals surface area contributed by atoms with Crippen LogP contribution >= 0.6 is 91.0 Å². The van der Waals surface area contributed by atoms with Crippen LogP contribution in [0.3, 0.4) is 0 Å². The van der Waals surface area contributed by atoms with E-state index in [-0.39, 0.29) is 4.83 Å². The summed E-state index contributed by atoms with van der Waals surface area (Å²) in [5.74, 6) is 0. The third kappa shape index (κ3) is 3.45. The summed E-state index contributed by atoms with van der Waals surface area (Å²) in [5, 5.41) is 0. The highest BCUT2D eigenvalue weighted by molar-refractivity contribution is 9.12. The molecule has 1 atom stereocenters. The minimum atomic E-state index is 0.168. The van der Waals surface area contributed by atoms with Gasteiger partial charge < -0.3 is 0 Å². The van der Waals surface area contributed by atoms with Crippen LogP contribution in [0.1, 0.15) is 16.0 Å². The summed E-state index contributed by atoms with van der Waals surface area (Å²) in [7, 11) is 0. The molecule has 0 nitrogen and oxygen atoms in total. The fraction of sp³-hybridized carbons (Fsp3) is 0.0909. The van der Waals surface area contributed by atoms with E-state index >= 15 is 0 Å². The van der Waals surface area contributed by atoms with Gasteiger partial charge in [-0.05, 0) is 61.2 Å². The Morgan fingerprint density at radius 1 is 0.941 bits per heavy atom. The minimum Gasteiger partial charge on any atom is -0.121 e. The Bertz CT molecular complexity index is 549. The van der Waals surface area contributed by atoms with Gasteiger partial charge in [0.2, 0.25) is 0 Å². The molecule has 0 N–H and O–H groups in total. The lowest BCUT2D eigenvalue weighted by Crippen LogP contribution is -1.92. The Hall–Kier alpha value is 1.32. The molecule has 0 aliphatic heterocycles. The van der Waals surface area contributed by atoms with Crippen molar-refractivity contribution in [1.82, 2.24) is 0 Å². The Balaban J connectivity index is 2.43. The molecular formula is C11H5Br5S. The number of benzene rings is 1. The van der Waals surface area contributed by atoms with Crippen LogP contribution in [0.2, 0.25) is 0 Å².